The molecule has 0 aliphatic rings. The molecule has 0 saturated heterocycles. The Morgan fingerprint density at radius 3 is 2.67 bits per heavy atom. The summed E-state index contributed by atoms with van der Waals surface area (Å²) in [6, 6.07) is 17.7. The second-order valence-electron chi connectivity index (χ2n) is 6.41. The van der Waals surface area contributed by atoms with Crippen LogP contribution in [-0.4, -0.2) is 24.5 Å². The molecule has 2 aromatic heterocycles. The Hall–Kier alpha value is -3.06. The fourth-order valence-corrected chi connectivity index (χ4v) is 3.60. The van der Waals surface area contributed by atoms with Crippen molar-refractivity contribution in [1.82, 2.24) is 24.5 Å². The zero-order chi connectivity index (χ0) is 18.8. The number of benzene rings is 2. The molecule has 0 aliphatic heterocycles. The lowest BCUT2D eigenvalue weighted by Gasteiger charge is -2.16. The number of hydrogen-bond donors (Lipinski definition) is 1. The molecule has 0 radical (unpaired) electrons. The maximum Gasteiger partial charge on any atom is 0.274 e. The molecule has 6 nitrogen and oxygen atoms in total. The molecule has 4 rings (SSSR count). The lowest BCUT2D eigenvalue weighted by Crippen LogP contribution is -2.24. The van der Waals surface area contributed by atoms with Crippen LogP contribution < -0.4 is 5.56 Å². The molecular weight excluding hydrogens is 358 g/mol. The van der Waals surface area contributed by atoms with Gasteiger partial charge in [-0.05, 0) is 30.8 Å². The number of H-pyrrole nitrogens is 1. The Bertz CT molecular complexity index is 1190. The minimum Gasteiger partial charge on any atom is -0.297 e. The Morgan fingerprint density at radius 1 is 1.11 bits per heavy atom. The Balaban J connectivity index is 1.63. The van der Waals surface area contributed by atoms with Crippen molar-refractivity contribution in [2.45, 2.75) is 25.9 Å². The summed E-state index contributed by atoms with van der Waals surface area (Å²) in [4.78, 5) is 12.6. The zero-order valence-corrected chi connectivity index (χ0v) is 15.7. The molecule has 7 heteroatoms. The highest BCUT2D eigenvalue weighted by molar-refractivity contribution is 7.71. The predicted molar refractivity (Wildman–Crippen MR) is 107 cm³/mol. The molecule has 2 heterocycles. The van der Waals surface area contributed by atoms with E-state index in [9.17, 15) is 4.79 Å². The van der Waals surface area contributed by atoms with Crippen LogP contribution in [0, 0.1) is 4.77 Å². The molecule has 0 fully saturated rings. The average Bonchev–Trinajstić information content (AvgIpc) is 3.08. The number of nitrogens with zero attached hydrogens (tertiary/aromatic N) is 4. The molecule has 0 spiro atoms. The first kappa shape index (κ1) is 17.4. The standard InChI is InChI=1S/C20H19N5OS/c1-14(15-7-3-2-4-8-15)25-18(22-23-20(25)27)11-12-24-19(26)17-10-6-5-9-16(17)13-21-24/h2-10,13-14H,11-12H2,1H3,(H,23,27)/t14-/m1/s1. The van der Waals surface area contributed by atoms with Gasteiger partial charge in [-0.3, -0.25) is 14.5 Å². The highest BCUT2D eigenvalue weighted by atomic mass is 32.1. The second kappa shape index (κ2) is 7.28. The van der Waals surface area contributed by atoms with Gasteiger partial charge in [0.05, 0.1) is 24.2 Å². The van der Waals surface area contributed by atoms with Crippen LogP contribution in [0.3, 0.4) is 0 Å². The minimum absolute atomic E-state index is 0.0498. The van der Waals surface area contributed by atoms with Crippen LogP contribution in [-0.2, 0) is 13.0 Å². The van der Waals surface area contributed by atoms with Crippen molar-refractivity contribution in [1.29, 1.82) is 0 Å². The van der Waals surface area contributed by atoms with E-state index in [0.29, 0.717) is 23.1 Å². The fraction of sp³-hybridized carbons (Fsp3) is 0.200. The van der Waals surface area contributed by atoms with Gasteiger partial charge in [0.25, 0.3) is 5.56 Å². The molecule has 4 aromatic rings. The Labute approximate surface area is 161 Å². The molecule has 2 aromatic carbocycles. The minimum atomic E-state index is -0.0927. The first-order valence-electron chi connectivity index (χ1n) is 8.81. The third kappa shape index (κ3) is 3.33. The third-order valence-electron chi connectivity index (χ3n) is 4.76. The molecule has 0 amide bonds. The van der Waals surface area contributed by atoms with Gasteiger partial charge in [-0.15, -0.1) is 0 Å². The van der Waals surface area contributed by atoms with Crippen LogP contribution >= 0.6 is 12.2 Å². The normalized spacial score (nSPS) is 12.3. The summed E-state index contributed by atoms with van der Waals surface area (Å²) in [5, 5.41) is 13.1. The van der Waals surface area contributed by atoms with Crippen molar-refractivity contribution in [2.75, 3.05) is 0 Å². The van der Waals surface area contributed by atoms with E-state index in [1.807, 2.05) is 47.0 Å². The number of aromatic nitrogens is 5. The van der Waals surface area contributed by atoms with E-state index in [4.69, 9.17) is 12.2 Å². The monoisotopic (exact) mass is 377 g/mol. The van der Waals surface area contributed by atoms with E-state index >= 15 is 0 Å². The molecule has 0 bridgehead atoms. The Morgan fingerprint density at radius 2 is 1.85 bits per heavy atom. The maximum atomic E-state index is 12.6. The molecule has 0 unspecified atom stereocenters. The second-order valence-corrected chi connectivity index (χ2v) is 6.80. The van der Waals surface area contributed by atoms with Gasteiger partial charge < -0.3 is 0 Å². The van der Waals surface area contributed by atoms with Gasteiger partial charge in [0, 0.05) is 11.8 Å². The number of fused-ring (bicyclic) bond motifs is 1. The van der Waals surface area contributed by atoms with E-state index in [0.717, 1.165) is 16.8 Å². The maximum absolute atomic E-state index is 12.6. The molecule has 27 heavy (non-hydrogen) atoms. The first-order valence-corrected chi connectivity index (χ1v) is 9.21. The smallest absolute Gasteiger partial charge is 0.274 e. The highest BCUT2D eigenvalue weighted by Crippen LogP contribution is 2.19. The third-order valence-corrected chi connectivity index (χ3v) is 5.04. The van der Waals surface area contributed by atoms with Crippen LogP contribution in [0.4, 0.5) is 0 Å². The number of hydrogen-bond acceptors (Lipinski definition) is 4. The largest absolute Gasteiger partial charge is 0.297 e. The fourth-order valence-electron chi connectivity index (χ4n) is 3.29. The number of aryl methyl sites for hydroxylation is 2. The molecule has 0 aliphatic carbocycles. The lowest BCUT2D eigenvalue weighted by molar-refractivity contribution is 0.534. The molecule has 1 atom stereocenters. The predicted octanol–water partition coefficient (Wildman–Crippen LogP) is 3.50. The van der Waals surface area contributed by atoms with E-state index in [2.05, 4.69) is 34.4 Å². The summed E-state index contributed by atoms with van der Waals surface area (Å²) < 4.78 is 4.05. The van der Waals surface area contributed by atoms with Crippen molar-refractivity contribution in [3.63, 3.8) is 0 Å². The summed E-state index contributed by atoms with van der Waals surface area (Å²) in [6.07, 6.45) is 2.27. The molecular formula is C20H19N5OS. The van der Waals surface area contributed by atoms with Crippen LogP contribution in [0.1, 0.15) is 24.4 Å². The first-order chi connectivity index (χ1) is 13.1. The van der Waals surface area contributed by atoms with Crippen molar-refractivity contribution in [2.24, 2.45) is 0 Å². The van der Waals surface area contributed by atoms with Crippen molar-refractivity contribution in [3.05, 3.63) is 87.3 Å². The number of aromatic amines is 1. The van der Waals surface area contributed by atoms with Crippen LogP contribution in [0.25, 0.3) is 10.8 Å². The van der Waals surface area contributed by atoms with E-state index in [-0.39, 0.29) is 11.6 Å². The van der Waals surface area contributed by atoms with Gasteiger partial charge in [-0.25, -0.2) is 4.68 Å². The van der Waals surface area contributed by atoms with E-state index in [1.54, 1.807) is 6.20 Å². The summed E-state index contributed by atoms with van der Waals surface area (Å²) in [5.41, 5.74) is 1.06. The Kier molecular flexibility index (Phi) is 4.68. The summed E-state index contributed by atoms with van der Waals surface area (Å²) in [6.45, 7) is 2.52. The van der Waals surface area contributed by atoms with Crippen LogP contribution in [0.15, 0.2) is 65.6 Å². The van der Waals surface area contributed by atoms with E-state index < -0.39 is 0 Å². The average molecular weight is 377 g/mol. The quantitative estimate of drug-likeness (QED) is 0.541. The van der Waals surface area contributed by atoms with Crippen LogP contribution in [0.5, 0.6) is 0 Å². The summed E-state index contributed by atoms with van der Waals surface area (Å²) in [7, 11) is 0. The van der Waals surface area contributed by atoms with Crippen molar-refractivity contribution < 1.29 is 0 Å². The zero-order valence-electron chi connectivity index (χ0n) is 14.9. The van der Waals surface area contributed by atoms with Gasteiger partial charge in [0.15, 0.2) is 4.77 Å². The summed E-state index contributed by atoms with van der Waals surface area (Å²) in [5.74, 6) is 0.804. The SMILES string of the molecule is C[C@H](c1ccccc1)n1c(CCn2ncc3ccccc3c2=O)n[nH]c1=S. The van der Waals surface area contributed by atoms with Gasteiger partial charge >= 0.3 is 0 Å². The van der Waals surface area contributed by atoms with Gasteiger partial charge in [0.2, 0.25) is 0 Å². The topological polar surface area (TPSA) is 68.5 Å². The van der Waals surface area contributed by atoms with E-state index in [1.165, 1.54) is 4.68 Å². The van der Waals surface area contributed by atoms with Crippen molar-refractivity contribution in [3.8, 4) is 0 Å². The van der Waals surface area contributed by atoms with Crippen molar-refractivity contribution >= 4 is 23.0 Å². The number of nitrogens with one attached hydrogen (secondary N) is 1. The lowest BCUT2D eigenvalue weighted by atomic mass is 10.1. The molecule has 0 saturated carbocycles. The van der Waals surface area contributed by atoms with Crippen LogP contribution in [0.2, 0.25) is 0 Å². The van der Waals surface area contributed by atoms with Gasteiger partial charge in [-0.2, -0.15) is 10.2 Å². The molecule has 1 N–H and O–H groups in total. The number of rotatable bonds is 5. The summed E-state index contributed by atoms with van der Waals surface area (Å²) >= 11 is 5.43. The highest BCUT2D eigenvalue weighted by Gasteiger charge is 2.15. The van der Waals surface area contributed by atoms with Gasteiger partial charge in [0.1, 0.15) is 5.82 Å². The molecule has 136 valence electrons. The van der Waals surface area contributed by atoms with Gasteiger partial charge in [-0.1, -0.05) is 48.5 Å².